The molecule has 2 fully saturated rings. The molecule has 2 rings (SSSR count). The molecule has 0 aromatic heterocycles. The maximum atomic E-state index is 12.2. The maximum absolute atomic E-state index is 12.2. The van der Waals surface area contributed by atoms with Crippen LogP contribution in [0.2, 0.25) is 0 Å². The Balaban J connectivity index is 1.68. The van der Waals surface area contributed by atoms with E-state index in [1.165, 1.54) is 0 Å². The van der Waals surface area contributed by atoms with Crippen LogP contribution in [0.4, 0.5) is 0 Å². The van der Waals surface area contributed by atoms with Crippen LogP contribution in [0, 0.1) is 0 Å². The number of carbonyl (C=O) groups is 1. The lowest BCUT2D eigenvalue weighted by Crippen LogP contribution is -2.54. The zero-order valence-corrected chi connectivity index (χ0v) is 13.4. The fraction of sp³-hybridized carbons (Fsp3) is 0.933. The Morgan fingerprint density at radius 2 is 2.00 bits per heavy atom. The number of β-amino-alcohol motifs (C(OH)–C–C–N with tert-alkyl or cyclic N) is 1. The van der Waals surface area contributed by atoms with Crippen molar-refractivity contribution in [2.75, 3.05) is 58.9 Å². The molecular formula is C15H30N4O2. The molecular weight excluding hydrogens is 268 g/mol. The van der Waals surface area contributed by atoms with E-state index in [0.717, 1.165) is 58.9 Å². The van der Waals surface area contributed by atoms with E-state index >= 15 is 0 Å². The highest BCUT2D eigenvalue weighted by atomic mass is 16.3. The molecule has 2 saturated heterocycles. The van der Waals surface area contributed by atoms with Crippen LogP contribution in [0.15, 0.2) is 0 Å². The second-order valence-electron chi connectivity index (χ2n) is 6.37. The third-order valence-corrected chi connectivity index (χ3v) is 4.46. The number of hydrogen-bond donors (Lipinski definition) is 2. The molecule has 0 radical (unpaired) electrons. The first kappa shape index (κ1) is 16.7. The van der Waals surface area contributed by atoms with Crippen molar-refractivity contribution in [3.05, 3.63) is 0 Å². The van der Waals surface area contributed by atoms with E-state index in [2.05, 4.69) is 22.0 Å². The van der Waals surface area contributed by atoms with Crippen molar-refractivity contribution < 1.29 is 9.90 Å². The summed E-state index contributed by atoms with van der Waals surface area (Å²) in [5.74, 6) is 0.288. The molecule has 2 N–H and O–H groups in total. The zero-order chi connectivity index (χ0) is 15.2. The van der Waals surface area contributed by atoms with Gasteiger partial charge in [-0.3, -0.25) is 9.69 Å². The lowest BCUT2D eigenvalue weighted by molar-refractivity contribution is -0.132. The van der Waals surface area contributed by atoms with E-state index in [4.69, 9.17) is 0 Å². The molecule has 0 aliphatic carbocycles. The fourth-order valence-corrected chi connectivity index (χ4v) is 3.21. The third-order valence-electron chi connectivity index (χ3n) is 4.46. The molecule has 0 spiro atoms. The Bertz CT molecular complexity index is 332. The Kier molecular flexibility index (Phi) is 6.41. The van der Waals surface area contributed by atoms with E-state index in [-0.39, 0.29) is 12.0 Å². The highest BCUT2D eigenvalue weighted by Gasteiger charge is 2.25. The van der Waals surface area contributed by atoms with Crippen LogP contribution in [0.25, 0.3) is 0 Å². The normalized spacial score (nSPS) is 26.8. The number of rotatable bonds is 5. The monoisotopic (exact) mass is 298 g/mol. The molecule has 2 unspecified atom stereocenters. The smallest absolute Gasteiger partial charge is 0.223 e. The molecule has 0 aromatic rings. The van der Waals surface area contributed by atoms with Gasteiger partial charge in [0.25, 0.3) is 0 Å². The minimum absolute atomic E-state index is 0.270. The van der Waals surface area contributed by atoms with Crippen LogP contribution >= 0.6 is 0 Å². The highest BCUT2D eigenvalue weighted by molar-refractivity contribution is 5.76. The first-order chi connectivity index (χ1) is 10.1. The minimum atomic E-state index is -0.270. The largest absolute Gasteiger partial charge is 0.392 e. The lowest BCUT2D eigenvalue weighted by Gasteiger charge is -2.40. The van der Waals surface area contributed by atoms with E-state index in [1.807, 2.05) is 11.8 Å². The van der Waals surface area contributed by atoms with Crippen molar-refractivity contribution >= 4 is 5.91 Å². The third kappa shape index (κ3) is 5.21. The molecule has 122 valence electrons. The Hall–Kier alpha value is -0.690. The second kappa shape index (κ2) is 8.08. The molecule has 1 amide bonds. The summed E-state index contributed by atoms with van der Waals surface area (Å²) in [6.07, 6.45) is 0.358. The molecule has 21 heavy (non-hydrogen) atoms. The molecule has 2 atom stereocenters. The SMILES string of the molecule is CC(O)CN1CCN(CCC(=O)N2CCNCC2)CC1C. The number of amides is 1. The van der Waals surface area contributed by atoms with Gasteiger partial charge in [0.1, 0.15) is 0 Å². The molecule has 2 aliphatic rings. The van der Waals surface area contributed by atoms with Gasteiger partial charge in [-0.05, 0) is 13.8 Å². The van der Waals surface area contributed by atoms with Crippen molar-refractivity contribution in [3.63, 3.8) is 0 Å². The van der Waals surface area contributed by atoms with Gasteiger partial charge in [-0.2, -0.15) is 0 Å². The zero-order valence-electron chi connectivity index (χ0n) is 13.4. The van der Waals surface area contributed by atoms with Crippen molar-refractivity contribution in [1.29, 1.82) is 0 Å². The maximum Gasteiger partial charge on any atom is 0.223 e. The van der Waals surface area contributed by atoms with Gasteiger partial charge in [0.15, 0.2) is 0 Å². The average Bonchev–Trinajstić information content (AvgIpc) is 2.48. The quantitative estimate of drug-likeness (QED) is 0.696. The van der Waals surface area contributed by atoms with Crippen molar-refractivity contribution in [3.8, 4) is 0 Å². The van der Waals surface area contributed by atoms with Gasteiger partial charge in [-0.1, -0.05) is 0 Å². The number of aliphatic hydroxyl groups is 1. The Morgan fingerprint density at radius 3 is 2.62 bits per heavy atom. The summed E-state index contributed by atoms with van der Waals surface area (Å²) >= 11 is 0. The summed E-state index contributed by atoms with van der Waals surface area (Å²) in [4.78, 5) is 18.8. The molecule has 2 aliphatic heterocycles. The summed E-state index contributed by atoms with van der Waals surface area (Å²) in [6.45, 7) is 12.1. The van der Waals surface area contributed by atoms with Gasteiger partial charge < -0.3 is 20.2 Å². The molecule has 6 heteroatoms. The van der Waals surface area contributed by atoms with Gasteiger partial charge in [0, 0.05) is 71.4 Å². The minimum Gasteiger partial charge on any atom is -0.392 e. The molecule has 6 nitrogen and oxygen atoms in total. The van der Waals surface area contributed by atoms with E-state index in [0.29, 0.717) is 12.5 Å². The fourth-order valence-electron chi connectivity index (χ4n) is 3.21. The highest BCUT2D eigenvalue weighted by Crippen LogP contribution is 2.11. The summed E-state index contributed by atoms with van der Waals surface area (Å²) in [7, 11) is 0. The number of carbonyl (C=O) groups excluding carboxylic acids is 1. The molecule has 0 aromatic carbocycles. The Labute approximate surface area is 128 Å². The molecule has 0 saturated carbocycles. The van der Waals surface area contributed by atoms with Gasteiger partial charge in [-0.25, -0.2) is 0 Å². The topological polar surface area (TPSA) is 59.1 Å². The number of nitrogens with zero attached hydrogens (tertiary/aromatic N) is 3. The summed E-state index contributed by atoms with van der Waals surface area (Å²) in [5.41, 5.74) is 0. The van der Waals surface area contributed by atoms with Crippen molar-refractivity contribution in [1.82, 2.24) is 20.0 Å². The number of piperazine rings is 2. The standard InChI is InChI=1S/C15H30N4O2/c1-13-11-17(9-10-19(13)12-14(2)20)6-3-15(21)18-7-4-16-5-8-18/h13-14,16,20H,3-12H2,1-2H3. The molecule has 2 heterocycles. The van der Waals surface area contributed by atoms with Crippen LogP contribution < -0.4 is 5.32 Å². The van der Waals surface area contributed by atoms with Gasteiger partial charge in [-0.15, -0.1) is 0 Å². The lowest BCUT2D eigenvalue weighted by atomic mass is 10.1. The van der Waals surface area contributed by atoms with Gasteiger partial charge >= 0.3 is 0 Å². The summed E-state index contributed by atoms with van der Waals surface area (Å²) < 4.78 is 0. The van der Waals surface area contributed by atoms with Crippen LogP contribution in [-0.2, 0) is 4.79 Å². The summed E-state index contributed by atoms with van der Waals surface area (Å²) in [6, 6.07) is 0.447. The summed E-state index contributed by atoms with van der Waals surface area (Å²) in [5, 5.41) is 12.8. The number of hydrogen-bond acceptors (Lipinski definition) is 5. The van der Waals surface area contributed by atoms with Crippen LogP contribution in [0.1, 0.15) is 20.3 Å². The van der Waals surface area contributed by atoms with Gasteiger partial charge in [0.2, 0.25) is 5.91 Å². The van der Waals surface area contributed by atoms with E-state index in [9.17, 15) is 9.90 Å². The van der Waals surface area contributed by atoms with Crippen molar-refractivity contribution in [2.24, 2.45) is 0 Å². The first-order valence-corrected chi connectivity index (χ1v) is 8.19. The number of aliphatic hydroxyl groups excluding tert-OH is 1. The second-order valence-corrected chi connectivity index (χ2v) is 6.37. The van der Waals surface area contributed by atoms with E-state index < -0.39 is 0 Å². The first-order valence-electron chi connectivity index (χ1n) is 8.19. The van der Waals surface area contributed by atoms with Crippen molar-refractivity contribution in [2.45, 2.75) is 32.4 Å². The van der Waals surface area contributed by atoms with E-state index in [1.54, 1.807) is 0 Å². The average molecular weight is 298 g/mol. The number of nitrogens with one attached hydrogen (secondary N) is 1. The molecule has 0 bridgehead atoms. The predicted molar refractivity (Wildman–Crippen MR) is 83.2 cm³/mol. The Morgan fingerprint density at radius 1 is 1.29 bits per heavy atom. The van der Waals surface area contributed by atoms with Crippen LogP contribution in [0.5, 0.6) is 0 Å². The van der Waals surface area contributed by atoms with Gasteiger partial charge in [0.05, 0.1) is 6.10 Å². The van der Waals surface area contributed by atoms with Crippen LogP contribution in [-0.4, -0.2) is 96.8 Å². The predicted octanol–water partition coefficient (Wildman–Crippen LogP) is -0.805. The van der Waals surface area contributed by atoms with Crippen LogP contribution in [0.3, 0.4) is 0 Å².